The van der Waals surface area contributed by atoms with Crippen LogP contribution in [0.2, 0.25) is 0 Å². The van der Waals surface area contributed by atoms with E-state index in [1.807, 2.05) is 0 Å². The Morgan fingerprint density at radius 3 is 2.64 bits per heavy atom. The summed E-state index contributed by atoms with van der Waals surface area (Å²) in [6, 6.07) is 6.62. The summed E-state index contributed by atoms with van der Waals surface area (Å²) in [5.74, 6) is -1.26. The molecule has 2 N–H and O–H groups in total. The molecule has 3 aliphatic rings. The molecule has 1 heterocycles. The van der Waals surface area contributed by atoms with Crippen LogP contribution in [0, 0.1) is 5.82 Å². The number of halogens is 2. The second-order valence-electron chi connectivity index (χ2n) is 7.95. The van der Waals surface area contributed by atoms with Crippen LogP contribution in [-0.2, 0) is 17.6 Å². The van der Waals surface area contributed by atoms with E-state index < -0.39 is 17.0 Å². The molecule has 0 radical (unpaired) electrons. The lowest BCUT2D eigenvalue weighted by atomic mass is 9.75. The fraction of sp³-hybridized carbons (Fsp3) is 0.381. The summed E-state index contributed by atoms with van der Waals surface area (Å²) in [6.07, 6.45) is 3.16. The second kappa shape index (κ2) is 6.65. The molecule has 0 spiro atoms. The van der Waals surface area contributed by atoms with Crippen molar-refractivity contribution in [3.05, 3.63) is 59.2 Å². The minimum atomic E-state index is -1.13. The minimum Gasteiger partial charge on any atom is -0.508 e. The Hall–Kier alpha value is -2.83. The van der Waals surface area contributed by atoms with Crippen molar-refractivity contribution >= 4 is 11.7 Å². The van der Waals surface area contributed by atoms with E-state index in [0.717, 1.165) is 12.1 Å². The number of pyridine rings is 1. The summed E-state index contributed by atoms with van der Waals surface area (Å²) in [7, 11) is 0. The van der Waals surface area contributed by atoms with Gasteiger partial charge in [0.1, 0.15) is 28.7 Å². The number of rotatable bonds is 6. The number of carbonyl (C=O) groups is 2. The number of Topliss-reactive ketones (excluding diaryl/α,β-unsaturated/α-hetero) is 1. The number of aromatic nitrogens is 1. The van der Waals surface area contributed by atoms with Gasteiger partial charge in [-0.2, -0.15) is 0 Å². The van der Waals surface area contributed by atoms with E-state index in [1.165, 1.54) is 18.3 Å². The van der Waals surface area contributed by atoms with Gasteiger partial charge in [-0.1, -0.05) is 0 Å². The van der Waals surface area contributed by atoms with Gasteiger partial charge in [0.05, 0.1) is 0 Å². The minimum absolute atomic E-state index is 0.0253. The Bertz CT molecular complexity index is 954. The molecule has 0 aliphatic heterocycles. The van der Waals surface area contributed by atoms with Gasteiger partial charge < -0.3 is 10.4 Å². The van der Waals surface area contributed by atoms with Gasteiger partial charge in [-0.3, -0.25) is 14.6 Å². The molecule has 0 unspecified atom stereocenters. The Balaban J connectivity index is 1.40. The average molecular weight is 386 g/mol. The van der Waals surface area contributed by atoms with Gasteiger partial charge in [0.25, 0.3) is 5.91 Å². The lowest BCUT2D eigenvalue weighted by Gasteiger charge is -2.42. The van der Waals surface area contributed by atoms with Crippen molar-refractivity contribution in [1.82, 2.24) is 10.3 Å². The number of ketones is 1. The highest BCUT2D eigenvalue weighted by Gasteiger charge is 2.62. The van der Waals surface area contributed by atoms with E-state index in [1.54, 1.807) is 6.07 Å². The van der Waals surface area contributed by atoms with Gasteiger partial charge in [-0.15, -0.1) is 0 Å². The average Bonchev–Trinajstić information content (AvgIpc) is 3.11. The van der Waals surface area contributed by atoms with Gasteiger partial charge in [0.2, 0.25) is 0 Å². The topological polar surface area (TPSA) is 79.3 Å². The fourth-order valence-electron chi connectivity index (χ4n) is 4.34. The molecule has 28 heavy (non-hydrogen) atoms. The standard InChI is InChI=1S/C21H20F2N2O3/c22-15-1-2-18(27)14(9-15)10-16(26)7-13-3-6-24-17(8-13)19(28)25-21-5-4-20(23,11-21)12-21/h1-3,6,8-9,27H,4-5,7,10-12H2,(H,25,28). The number of fused-ring (bicyclic) bond motifs is 1. The van der Waals surface area contributed by atoms with Crippen LogP contribution in [0.3, 0.4) is 0 Å². The van der Waals surface area contributed by atoms with Crippen LogP contribution >= 0.6 is 0 Å². The number of alkyl halides is 1. The summed E-state index contributed by atoms with van der Waals surface area (Å²) >= 11 is 0. The van der Waals surface area contributed by atoms with Crippen LogP contribution in [0.4, 0.5) is 8.78 Å². The zero-order chi connectivity index (χ0) is 19.9. The lowest BCUT2D eigenvalue weighted by molar-refractivity contribution is -0.117. The van der Waals surface area contributed by atoms with Crippen LogP contribution in [0.15, 0.2) is 36.5 Å². The molecular formula is C21H20F2N2O3. The molecular weight excluding hydrogens is 366 g/mol. The van der Waals surface area contributed by atoms with Crippen molar-refractivity contribution < 1.29 is 23.5 Å². The van der Waals surface area contributed by atoms with Crippen molar-refractivity contribution in [1.29, 1.82) is 0 Å². The molecule has 1 amide bonds. The SMILES string of the molecule is O=C(Cc1ccnc(C(=O)NC23CCC(F)(C2)C3)c1)Cc1cc(F)ccc1O. The van der Waals surface area contributed by atoms with Crippen molar-refractivity contribution in [2.75, 3.05) is 0 Å². The van der Waals surface area contributed by atoms with Crippen LogP contribution in [0.1, 0.15) is 47.3 Å². The molecule has 5 nitrogen and oxygen atoms in total. The van der Waals surface area contributed by atoms with E-state index in [0.29, 0.717) is 31.2 Å². The molecule has 2 aromatic rings. The summed E-state index contributed by atoms with van der Waals surface area (Å²) in [5.41, 5.74) is -0.599. The van der Waals surface area contributed by atoms with E-state index >= 15 is 0 Å². The highest BCUT2D eigenvalue weighted by Crippen LogP contribution is 2.57. The number of nitrogens with one attached hydrogen (secondary N) is 1. The number of amides is 1. The molecule has 5 rings (SSSR count). The number of benzene rings is 1. The van der Waals surface area contributed by atoms with Gasteiger partial charge in [0.15, 0.2) is 0 Å². The van der Waals surface area contributed by atoms with E-state index in [2.05, 4.69) is 10.3 Å². The summed E-state index contributed by atoms with van der Waals surface area (Å²) in [4.78, 5) is 28.8. The zero-order valence-electron chi connectivity index (χ0n) is 15.2. The Labute approximate surface area is 160 Å². The number of hydrogen-bond acceptors (Lipinski definition) is 4. The number of hydrogen-bond donors (Lipinski definition) is 2. The highest BCUT2D eigenvalue weighted by molar-refractivity contribution is 5.93. The first-order chi connectivity index (χ1) is 13.3. The molecule has 1 aromatic carbocycles. The Kier molecular flexibility index (Phi) is 4.40. The van der Waals surface area contributed by atoms with Gasteiger partial charge in [-0.05, 0) is 48.7 Å². The number of phenols is 1. The molecule has 7 heteroatoms. The number of carbonyl (C=O) groups excluding carboxylic acids is 2. The molecule has 0 atom stereocenters. The third kappa shape index (κ3) is 3.61. The largest absolute Gasteiger partial charge is 0.508 e. The van der Waals surface area contributed by atoms with E-state index in [-0.39, 0.29) is 41.5 Å². The van der Waals surface area contributed by atoms with Crippen molar-refractivity contribution in [3.8, 4) is 5.75 Å². The summed E-state index contributed by atoms with van der Waals surface area (Å²) in [6.45, 7) is 0. The van der Waals surface area contributed by atoms with Crippen LogP contribution in [-0.4, -0.2) is 33.0 Å². The summed E-state index contributed by atoms with van der Waals surface area (Å²) in [5, 5.41) is 12.6. The Morgan fingerprint density at radius 1 is 1.14 bits per heavy atom. The van der Waals surface area contributed by atoms with Crippen molar-refractivity contribution in [3.63, 3.8) is 0 Å². The molecule has 146 valence electrons. The van der Waals surface area contributed by atoms with Gasteiger partial charge in [-0.25, -0.2) is 8.78 Å². The monoisotopic (exact) mass is 386 g/mol. The van der Waals surface area contributed by atoms with Gasteiger partial charge in [0, 0.05) is 43.0 Å². The molecule has 3 aliphatic carbocycles. The third-order valence-electron chi connectivity index (χ3n) is 5.63. The summed E-state index contributed by atoms with van der Waals surface area (Å²) < 4.78 is 27.3. The van der Waals surface area contributed by atoms with Crippen LogP contribution in [0.5, 0.6) is 5.75 Å². The normalized spacial score (nSPS) is 25.2. The number of phenolic OH excluding ortho intramolecular Hbond substituents is 1. The predicted molar refractivity (Wildman–Crippen MR) is 97.2 cm³/mol. The maximum absolute atomic E-state index is 14.0. The molecule has 3 saturated carbocycles. The smallest absolute Gasteiger partial charge is 0.270 e. The van der Waals surface area contributed by atoms with E-state index in [4.69, 9.17) is 0 Å². The molecule has 0 saturated heterocycles. The third-order valence-corrected chi connectivity index (χ3v) is 5.63. The first kappa shape index (κ1) is 18.5. The van der Waals surface area contributed by atoms with Crippen molar-refractivity contribution in [2.24, 2.45) is 0 Å². The first-order valence-electron chi connectivity index (χ1n) is 9.21. The van der Waals surface area contributed by atoms with Crippen LogP contribution in [0.25, 0.3) is 0 Å². The maximum atomic E-state index is 14.0. The second-order valence-corrected chi connectivity index (χ2v) is 7.95. The van der Waals surface area contributed by atoms with Crippen LogP contribution < -0.4 is 5.32 Å². The Morgan fingerprint density at radius 2 is 1.93 bits per heavy atom. The van der Waals surface area contributed by atoms with Crippen molar-refractivity contribution in [2.45, 2.75) is 49.7 Å². The number of nitrogens with zero attached hydrogens (tertiary/aromatic N) is 1. The first-order valence-corrected chi connectivity index (χ1v) is 9.21. The quantitative estimate of drug-likeness (QED) is 0.800. The van der Waals surface area contributed by atoms with Gasteiger partial charge >= 0.3 is 0 Å². The van der Waals surface area contributed by atoms with E-state index in [9.17, 15) is 23.5 Å². The fourth-order valence-corrected chi connectivity index (χ4v) is 4.34. The predicted octanol–water partition coefficient (Wildman–Crippen LogP) is 3.05. The maximum Gasteiger partial charge on any atom is 0.270 e. The zero-order valence-corrected chi connectivity index (χ0v) is 15.2. The molecule has 1 aromatic heterocycles. The lowest BCUT2D eigenvalue weighted by Crippen LogP contribution is -2.57. The molecule has 2 bridgehead atoms. The molecule has 3 fully saturated rings. The number of aromatic hydroxyl groups is 1. The highest BCUT2D eigenvalue weighted by atomic mass is 19.1.